The maximum absolute atomic E-state index is 12.7. The van der Waals surface area contributed by atoms with Gasteiger partial charge in [-0.1, -0.05) is 12.1 Å². The molecule has 0 spiro atoms. The van der Waals surface area contributed by atoms with Gasteiger partial charge in [-0.25, -0.2) is 4.68 Å². The number of hydrogen-bond donors (Lipinski definition) is 1. The summed E-state index contributed by atoms with van der Waals surface area (Å²) in [7, 11) is 3.29. The third-order valence-electron chi connectivity index (χ3n) is 4.18. The molecule has 9 heteroatoms. The number of ether oxygens (including phenoxy) is 1. The van der Waals surface area contributed by atoms with Crippen LogP contribution >= 0.6 is 0 Å². The largest absolute Gasteiger partial charge is 0.467 e. The highest BCUT2D eigenvalue weighted by Crippen LogP contribution is 2.20. The van der Waals surface area contributed by atoms with Crippen LogP contribution in [-0.4, -0.2) is 42.5 Å². The molecule has 0 aliphatic rings. The Morgan fingerprint density at radius 3 is 2.70 bits per heavy atom. The van der Waals surface area contributed by atoms with Crippen molar-refractivity contribution in [3.05, 3.63) is 42.0 Å². The van der Waals surface area contributed by atoms with Gasteiger partial charge in [-0.2, -0.15) is 4.98 Å². The quantitative estimate of drug-likeness (QED) is 0.715. The van der Waals surface area contributed by atoms with Crippen LogP contribution in [0.4, 0.5) is 0 Å². The van der Waals surface area contributed by atoms with E-state index < -0.39 is 0 Å². The summed E-state index contributed by atoms with van der Waals surface area (Å²) in [4.78, 5) is 17.0. The Morgan fingerprint density at radius 2 is 2.04 bits per heavy atom. The second-order valence-electron chi connectivity index (χ2n) is 6.51. The van der Waals surface area contributed by atoms with Crippen LogP contribution in [0, 0.1) is 0 Å². The molecule has 0 fully saturated rings. The van der Waals surface area contributed by atoms with E-state index in [9.17, 15) is 4.79 Å². The lowest BCUT2D eigenvalue weighted by molar-refractivity contribution is 0.0937. The molecule has 0 radical (unpaired) electrons. The minimum Gasteiger partial charge on any atom is -0.467 e. The Morgan fingerprint density at radius 1 is 1.26 bits per heavy atom. The highest BCUT2D eigenvalue weighted by Gasteiger charge is 2.19. The molecule has 0 unspecified atom stereocenters. The number of nitrogens with one attached hydrogen (secondary N) is 1. The zero-order valence-corrected chi connectivity index (χ0v) is 16.0. The van der Waals surface area contributed by atoms with Crippen molar-refractivity contribution in [2.75, 3.05) is 7.11 Å². The number of benzene rings is 1. The second kappa shape index (κ2) is 7.56. The van der Waals surface area contributed by atoms with Crippen LogP contribution in [0.1, 0.15) is 49.0 Å². The van der Waals surface area contributed by atoms with Crippen LogP contribution in [0.15, 0.2) is 30.6 Å². The molecule has 1 amide bonds. The average molecular weight is 369 g/mol. The van der Waals surface area contributed by atoms with E-state index in [4.69, 9.17) is 4.74 Å². The van der Waals surface area contributed by atoms with E-state index in [0.29, 0.717) is 23.2 Å². The molecule has 1 aromatic carbocycles. The maximum Gasteiger partial charge on any atom is 0.314 e. The zero-order chi connectivity index (χ0) is 19.6. The lowest BCUT2D eigenvalue weighted by Crippen LogP contribution is -2.29. The monoisotopic (exact) mass is 369 g/mol. The summed E-state index contributed by atoms with van der Waals surface area (Å²) in [5.41, 5.74) is 1.25. The summed E-state index contributed by atoms with van der Waals surface area (Å²) in [6.07, 6.45) is 1.67. The fourth-order valence-electron chi connectivity index (χ4n) is 2.77. The molecule has 27 heavy (non-hydrogen) atoms. The molecule has 2 aromatic heterocycles. The summed E-state index contributed by atoms with van der Waals surface area (Å²) < 4.78 is 8.62. The van der Waals surface area contributed by atoms with Gasteiger partial charge in [0.2, 0.25) is 0 Å². The van der Waals surface area contributed by atoms with Gasteiger partial charge in [0, 0.05) is 24.2 Å². The van der Waals surface area contributed by atoms with Crippen LogP contribution in [0.5, 0.6) is 6.01 Å². The van der Waals surface area contributed by atoms with Gasteiger partial charge in [-0.05, 0) is 32.9 Å². The van der Waals surface area contributed by atoms with E-state index in [1.54, 1.807) is 36.3 Å². The van der Waals surface area contributed by atoms with Crippen molar-refractivity contribution in [1.82, 2.24) is 34.8 Å². The fraction of sp³-hybridized carbons (Fsp3) is 0.389. The van der Waals surface area contributed by atoms with Crippen LogP contribution in [0.3, 0.4) is 0 Å². The number of carbonyl (C=O) groups is 1. The van der Waals surface area contributed by atoms with E-state index in [2.05, 4.69) is 25.6 Å². The standard InChI is InChI=1S/C18H23N7O2/c1-11(2)25-10-19-22-16(25)12(3)20-17(26)14-8-6-7-13(9-14)15-21-18(27-5)24(4)23-15/h6-12H,1-5H3,(H,20,26)/t12-/m0/s1. The van der Waals surface area contributed by atoms with Gasteiger partial charge in [0.25, 0.3) is 5.91 Å². The number of nitrogens with zero attached hydrogens (tertiary/aromatic N) is 6. The van der Waals surface area contributed by atoms with E-state index in [-0.39, 0.29) is 18.0 Å². The molecule has 1 N–H and O–H groups in total. The summed E-state index contributed by atoms with van der Waals surface area (Å²) in [6, 6.07) is 7.49. The van der Waals surface area contributed by atoms with Crippen molar-refractivity contribution in [2.45, 2.75) is 32.9 Å². The lowest BCUT2D eigenvalue weighted by Gasteiger charge is -2.17. The first-order valence-electron chi connectivity index (χ1n) is 8.66. The molecule has 3 aromatic rings. The number of aryl methyl sites for hydroxylation is 1. The molecule has 9 nitrogen and oxygen atoms in total. The lowest BCUT2D eigenvalue weighted by atomic mass is 10.1. The van der Waals surface area contributed by atoms with Gasteiger partial charge < -0.3 is 14.6 Å². The minimum atomic E-state index is -0.279. The minimum absolute atomic E-state index is 0.203. The van der Waals surface area contributed by atoms with E-state index >= 15 is 0 Å². The number of carbonyl (C=O) groups excluding carboxylic acids is 1. The number of amides is 1. The molecule has 3 rings (SSSR count). The predicted molar refractivity (Wildman–Crippen MR) is 99.3 cm³/mol. The first-order chi connectivity index (χ1) is 12.9. The molecule has 0 bridgehead atoms. The Kier molecular flexibility index (Phi) is 5.20. The fourth-order valence-corrected chi connectivity index (χ4v) is 2.77. The number of aromatic nitrogens is 6. The van der Waals surface area contributed by atoms with Crippen molar-refractivity contribution in [3.63, 3.8) is 0 Å². The Hall–Kier alpha value is -3.23. The van der Waals surface area contributed by atoms with Crippen LogP contribution in [-0.2, 0) is 7.05 Å². The van der Waals surface area contributed by atoms with Crippen LogP contribution in [0.2, 0.25) is 0 Å². The normalized spacial score (nSPS) is 12.2. The molecule has 142 valence electrons. The molecular weight excluding hydrogens is 346 g/mol. The predicted octanol–water partition coefficient (Wildman–Crippen LogP) is 2.15. The van der Waals surface area contributed by atoms with Gasteiger partial charge >= 0.3 is 6.01 Å². The van der Waals surface area contributed by atoms with E-state index in [1.165, 1.54) is 7.11 Å². The summed E-state index contributed by atoms with van der Waals surface area (Å²) in [5, 5.41) is 15.4. The zero-order valence-electron chi connectivity index (χ0n) is 16.0. The van der Waals surface area contributed by atoms with Gasteiger partial charge in [0.05, 0.1) is 13.2 Å². The Bertz CT molecular complexity index is 945. The van der Waals surface area contributed by atoms with Gasteiger partial charge in [0.1, 0.15) is 6.33 Å². The van der Waals surface area contributed by atoms with Gasteiger partial charge in [-0.15, -0.1) is 15.3 Å². The third-order valence-corrected chi connectivity index (χ3v) is 4.18. The summed E-state index contributed by atoms with van der Waals surface area (Å²) >= 11 is 0. The van der Waals surface area contributed by atoms with Crippen LogP contribution in [0.25, 0.3) is 11.4 Å². The summed E-state index contributed by atoms with van der Waals surface area (Å²) in [6.45, 7) is 5.97. The highest BCUT2D eigenvalue weighted by atomic mass is 16.5. The molecule has 0 saturated carbocycles. The second-order valence-corrected chi connectivity index (χ2v) is 6.51. The average Bonchev–Trinajstić information content (AvgIpc) is 3.28. The summed E-state index contributed by atoms with van der Waals surface area (Å²) in [5.74, 6) is 1.01. The molecule has 0 saturated heterocycles. The third kappa shape index (κ3) is 3.81. The Labute approximate surface area is 157 Å². The number of methoxy groups -OCH3 is 1. The van der Waals surface area contributed by atoms with Crippen molar-refractivity contribution in [1.29, 1.82) is 0 Å². The van der Waals surface area contributed by atoms with Crippen molar-refractivity contribution < 1.29 is 9.53 Å². The van der Waals surface area contributed by atoms with Crippen LogP contribution < -0.4 is 10.1 Å². The molecule has 2 heterocycles. The first-order valence-corrected chi connectivity index (χ1v) is 8.66. The topological polar surface area (TPSA) is 99.8 Å². The molecule has 0 aliphatic heterocycles. The van der Waals surface area contributed by atoms with Gasteiger partial charge in [0.15, 0.2) is 11.6 Å². The smallest absolute Gasteiger partial charge is 0.314 e. The maximum atomic E-state index is 12.7. The van der Waals surface area contributed by atoms with E-state index in [1.807, 2.05) is 31.4 Å². The van der Waals surface area contributed by atoms with E-state index in [0.717, 1.165) is 5.56 Å². The molecular formula is C18H23N7O2. The molecule has 1 atom stereocenters. The highest BCUT2D eigenvalue weighted by molar-refractivity contribution is 5.95. The van der Waals surface area contributed by atoms with Crippen molar-refractivity contribution in [3.8, 4) is 17.4 Å². The molecule has 0 aliphatic carbocycles. The first kappa shape index (κ1) is 18.6. The van der Waals surface area contributed by atoms with Crippen molar-refractivity contribution in [2.24, 2.45) is 7.05 Å². The Balaban J connectivity index is 1.80. The number of rotatable bonds is 6. The SMILES string of the molecule is COc1nc(-c2cccc(C(=O)N[C@@H](C)c3nncn3C(C)C)c2)nn1C. The number of hydrogen-bond acceptors (Lipinski definition) is 6. The van der Waals surface area contributed by atoms with Crippen molar-refractivity contribution >= 4 is 5.91 Å². The van der Waals surface area contributed by atoms with Gasteiger partial charge in [-0.3, -0.25) is 4.79 Å².